The van der Waals surface area contributed by atoms with Gasteiger partial charge in [0.05, 0.1) is 29.1 Å². The molecule has 1 aliphatic carbocycles. The highest BCUT2D eigenvalue weighted by atomic mass is 35.5. The number of aromatic nitrogens is 2. The molecule has 1 saturated carbocycles. The van der Waals surface area contributed by atoms with E-state index in [9.17, 15) is 14.4 Å². The van der Waals surface area contributed by atoms with E-state index in [4.69, 9.17) is 16.3 Å². The van der Waals surface area contributed by atoms with E-state index in [0.29, 0.717) is 50.4 Å². The van der Waals surface area contributed by atoms with Gasteiger partial charge < -0.3 is 25.3 Å². The summed E-state index contributed by atoms with van der Waals surface area (Å²) >= 11 is 6.31. The van der Waals surface area contributed by atoms with Gasteiger partial charge in [0.25, 0.3) is 11.8 Å². The van der Waals surface area contributed by atoms with Gasteiger partial charge in [-0.3, -0.25) is 14.4 Å². The lowest BCUT2D eigenvalue weighted by Gasteiger charge is -2.36. The predicted octanol–water partition coefficient (Wildman–Crippen LogP) is 2.54. The molecule has 2 fully saturated rings. The summed E-state index contributed by atoms with van der Waals surface area (Å²) in [5.41, 5.74) is 0.537. The van der Waals surface area contributed by atoms with Gasteiger partial charge in [0.1, 0.15) is 5.69 Å². The van der Waals surface area contributed by atoms with Crippen molar-refractivity contribution in [2.75, 3.05) is 31.7 Å². The van der Waals surface area contributed by atoms with Gasteiger partial charge in [0.15, 0.2) is 5.69 Å². The number of imidazole rings is 1. The van der Waals surface area contributed by atoms with E-state index in [1.807, 2.05) is 18.2 Å². The number of halogens is 1. The van der Waals surface area contributed by atoms with E-state index < -0.39 is 17.2 Å². The topological polar surface area (TPSA) is 116 Å². The van der Waals surface area contributed by atoms with Crippen LogP contribution >= 0.6 is 11.6 Å². The molecule has 2 heterocycles. The smallest absolute Gasteiger partial charge is 0.272 e. The fourth-order valence-corrected chi connectivity index (χ4v) is 4.99. The number of carbonyl (C=O) groups excluding carboxylic acids is 3. The summed E-state index contributed by atoms with van der Waals surface area (Å²) in [6.45, 7) is 1.35. The second-order valence-corrected chi connectivity index (χ2v) is 8.97. The zero-order chi connectivity index (χ0) is 23.4. The Hall–Kier alpha value is -2.91. The van der Waals surface area contributed by atoms with Gasteiger partial charge in [0, 0.05) is 26.2 Å². The van der Waals surface area contributed by atoms with Gasteiger partial charge in [-0.05, 0) is 44.2 Å². The second kappa shape index (κ2) is 9.93. The number of rotatable bonds is 7. The Morgan fingerprint density at radius 1 is 1.24 bits per heavy atom. The fourth-order valence-electron chi connectivity index (χ4n) is 4.75. The molecule has 4 rings (SSSR count). The van der Waals surface area contributed by atoms with E-state index >= 15 is 0 Å². The van der Waals surface area contributed by atoms with E-state index in [1.165, 1.54) is 6.33 Å². The van der Waals surface area contributed by atoms with Crippen molar-refractivity contribution in [2.24, 2.45) is 5.41 Å². The molecule has 2 aromatic rings. The first-order chi connectivity index (χ1) is 15.9. The summed E-state index contributed by atoms with van der Waals surface area (Å²) in [5.74, 6) is -0.694. The summed E-state index contributed by atoms with van der Waals surface area (Å²) in [7, 11) is 1.54. The zero-order valence-corrected chi connectivity index (χ0v) is 19.3. The molecule has 0 atom stereocenters. The van der Waals surface area contributed by atoms with Crippen molar-refractivity contribution in [3.63, 3.8) is 0 Å². The number of nitrogens with zero attached hydrogens (tertiary/aromatic N) is 2. The molecule has 2 aliphatic rings. The standard InChI is InChI=1S/C23H28ClN5O4/c1-33-13-11-25-20(30)18-19(27-14-26-18)21(31)28-15-6-8-23(9-7-15)10-12-29(22(23)32)17-5-3-2-4-16(17)24/h2-5,14-15H,6-13H2,1H3,(H,25,30)(H,26,27)(H,28,31). The first kappa shape index (κ1) is 23.3. The minimum atomic E-state index is -0.409. The van der Waals surface area contributed by atoms with Gasteiger partial charge in [-0.25, -0.2) is 4.98 Å². The van der Waals surface area contributed by atoms with E-state index in [2.05, 4.69) is 20.6 Å². The van der Waals surface area contributed by atoms with Gasteiger partial charge >= 0.3 is 0 Å². The molecule has 1 aliphatic heterocycles. The van der Waals surface area contributed by atoms with Crippen LogP contribution in [0.4, 0.5) is 5.69 Å². The van der Waals surface area contributed by atoms with E-state index in [0.717, 1.165) is 12.1 Å². The molecule has 3 N–H and O–H groups in total. The number of hydrogen-bond donors (Lipinski definition) is 3. The summed E-state index contributed by atoms with van der Waals surface area (Å²) in [6.07, 6.45) is 4.88. The van der Waals surface area contributed by atoms with E-state index in [-0.39, 0.29) is 23.3 Å². The largest absolute Gasteiger partial charge is 0.383 e. The number of carbonyl (C=O) groups is 3. The maximum atomic E-state index is 13.3. The highest BCUT2D eigenvalue weighted by Gasteiger charge is 2.49. The Bertz CT molecular complexity index is 1030. The number of anilines is 1. The molecule has 1 aromatic carbocycles. The fraction of sp³-hybridized carbons (Fsp3) is 0.478. The number of ether oxygens (including phenoxy) is 1. The molecule has 3 amide bonds. The highest BCUT2D eigenvalue weighted by molar-refractivity contribution is 6.34. The molecule has 10 heteroatoms. The monoisotopic (exact) mass is 473 g/mol. The number of nitrogens with one attached hydrogen (secondary N) is 3. The first-order valence-electron chi connectivity index (χ1n) is 11.1. The lowest BCUT2D eigenvalue weighted by molar-refractivity contribution is -0.127. The molecule has 0 bridgehead atoms. The van der Waals surface area contributed by atoms with Crippen LogP contribution < -0.4 is 15.5 Å². The van der Waals surface area contributed by atoms with Crippen molar-refractivity contribution in [2.45, 2.75) is 38.1 Å². The number of benzene rings is 1. The number of hydrogen-bond acceptors (Lipinski definition) is 5. The minimum absolute atomic E-state index is 0.0621. The predicted molar refractivity (Wildman–Crippen MR) is 123 cm³/mol. The minimum Gasteiger partial charge on any atom is -0.383 e. The van der Waals surface area contributed by atoms with Crippen molar-refractivity contribution in [3.05, 3.63) is 47.0 Å². The van der Waals surface area contributed by atoms with Crippen LogP contribution in [0.3, 0.4) is 0 Å². The third-order valence-corrected chi connectivity index (χ3v) is 6.93. The van der Waals surface area contributed by atoms with Crippen LogP contribution in [-0.4, -0.2) is 60.5 Å². The summed E-state index contributed by atoms with van der Waals surface area (Å²) in [5, 5.41) is 6.24. The molecule has 176 valence electrons. The molecule has 33 heavy (non-hydrogen) atoms. The summed E-state index contributed by atoms with van der Waals surface area (Å²) in [4.78, 5) is 46.9. The first-order valence-corrected chi connectivity index (χ1v) is 11.5. The molecular formula is C23H28ClN5O4. The number of H-pyrrole nitrogens is 1. The Morgan fingerprint density at radius 3 is 2.73 bits per heavy atom. The molecule has 9 nitrogen and oxygen atoms in total. The van der Waals surface area contributed by atoms with Crippen LogP contribution in [0, 0.1) is 5.41 Å². The third kappa shape index (κ3) is 4.74. The molecule has 1 saturated heterocycles. The Morgan fingerprint density at radius 2 is 2.00 bits per heavy atom. The van der Waals surface area contributed by atoms with Crippen molar-refractivity contribution in [1.82, 2.24) is 20.6 Å². The quantitative estimate of drug-likeness (QED) is 0.534. The van der Waals surface area contributed by atoms with Crippen LogP contribution in [0.5, 0.6) is 0 Å². The number of methoxy groups -OCH3 is 1. The van der Waals surface area contributed by atoms with Crippen LogP contribution in [0.15, 0.2) is 30.6 Å². The highest BCUT2D eigenvalue weighted by Crippen LogP contribution is 2.46. The molecule has 1 spiro atoms. The average molecular weight is 474 g/mol. The van der Waals surface area contributed by atoms with Crippen molar-refractivity contribution in [3.8, 4) is 0 Å². The summed E-state index contributed by atoms with van der Waals surface area (Å²) in [6, 6.07) is 7.32. The molecule has 0 radical (unpaired) electrons. The van der Waals surface area contributed by atoms with Crippen LogP contribution in [-0.2, 0) is 9.53 Å². The van der Waals surface area contributed by atoms with Crippen LogP contribution in [0.1, 0.15) is 53.1 Å². The van der Waals surface area contributed by atoms with Crippen molar-refractivity contribution >= 4 is 35.0 Å². The number of aromatic amines is 1. The van der Waals surface area contributed by atoms with Gasteiger partial charge in [0.2, 0.25) is 5.91 Å². The maximum absolute atomic E-state index is 13.3. The van der Waals surface area contributed by atoms with E-state index in [1.54, 1.807) is 18.1 Å². The van der Waals surface area contributed by atoms with Gasteiger partial charge in [-0.2, -0.15) is 0 Å². The average Bonchev–Trinajstić information content (AvgIpc) is 3.42. The molecular weight excluding hydrogens is 446 g/mol. The Balaban J connectivity index is 1.35. The van der Waals surface area contributed by atoms with Gasteiger partial charge in [-0.15, -0.1) is 0 Å². The Kier molecular flexibility index (Phi) is 6.99. The molecule has 1 aromatic heterocycles. The zero-order valence-electron chi connectivity index (χ0n) is 18.5. The van der Waals surface area contributed by atoms with Crippen molar-refractivity contribution in [1.29, 1.82) is 0 Å². The third-order valence-electron chi connectivity index (χ3n) is 6.61. The molecule has 0 unspecified atom stereocenters. The van der Waals surface area contributed by atoms with Crippen LogP contribution in [0.2, 0.25) is 5.02 Å². The SMILES string of the molecule is COCCNC(=O)c1[nH]cnc1C(=O)NC1CCC2(CC1)CCN(c1ccccc1Cl)C2=O. The Labute approximate surface area is 197 Å². The van der Waals surface area contributed by atoms with Crippen LogP contribution in [0.25, 0.3) is 0 Å². The summed E-state index contributed by atoms with van der Waals surface area (Å²) < 4.78 is 4.92. The maximum Gasteiger partial charge on any atom is 0.272 e. The van der Waals surface area contributed by atoms with Gasteiger partial charge in [-0.1, -0.05) is 23.7 Å². The number of amides is 3. The van der Waals surface area contributed by atoms with Crippen molar-refractivity contribution < 1.29 is 19.1 Å². The lowest BCUT2D eigenvalue weighted by atomic mass is 9.71. The normalized spacial score (nSPS) is 22.5. The number of para-hydroxylation sites is 1. The second-order valence-electron chi connectivity index (χ2n) is 8.56. The lowest BCUT2D eigenvalue weighted by Crippen LogP contribution is -2.44.